The van der Waals surface area contributed by atoms with E-state index in [9.17, 15) is 9.59 Å². The maximum atomic E-state index is 13.2. The molecule has 0 radical (unpaired) electrons. The first-order valence-electron chi connectivity index (χ1n) is 10.4. The maximum Gasteiger partial charge on any atom is 0.242 e. The minimum absolute atomic E-state index is 0.00400. The largest absolute Gasteiger partial charge is 0.467 e. The van der Waals surface area contributed by atoms with Crippen LogP contribution in [-0.4, -0.2) is 54.0 Å². The third kappa shape index (κ3) is 6.72. The van der Waals surface area contributed by atoms with E-state index in [0.29, 0.717) is 26.1 Å². The van der Waals surface area contributed by atoms with E-state index in [0.717, 1.165) is 42.9 Å². The van der Waals surface area contributed by atoms with Gasteiger partial charge in [-0.3, -0.25) is 9.59 Å². The minimum Gasteiger partial charge on any atom is -0.467 e. The molecule has 0 N–H and O–H groups in total. The summed E-state index contributed by atoms with van der Waals surface area (Å²) in [4.78, 5) is 30.5. The molecule has 2 amide bonds. The lowest BCUT2D eigenvalue weighted by Gasteiger charge is -2.28. The Morgan fingerprint density at radius 3 is 2.76 bits per heavy atom. The molecule has 1 unspecified atom stereocenters. The van der Waals surface area contributed by atoms with E-state index in [2.05, 4.69) is 6.92 Å². The van der Waals surface area contributed by atoms with E-state index in [4.69, 9.17) is 9.15 Å². The first kappa shape index (κ1) is 21.6. The number of amides is 2. The van der Waals surface area contributed by atoms with Crippen molar-refractivity contribution in [1.82, 2.24) is 9.80 Å². The Morgan fingerprint density at radius 2 is 2.10 bits per heavy atom. The van der Waals surface area contributed by atoms with Crippen LogP contribution in [0.25, 0.3) is 0 Å². The number of unbranched alkanes of at least 4 members (excludes halogenated alkanes) is 1. The van der Waals surface area contributed by atoms with Crippen LogP contribution < -0.4 is 0 Å². The van der Waals surface area contributed by atoms with Crippen LogP contribution in [0.2, 0.25) is 0 Å². The van der Waals surface area contributed by atoms with E-state index in [1.165, 1.54) is 0 Å². The van der Waals surface area contributed by atoms with Crippen LogP contribution in [-0.2, 0) is 27.3 Å². The minimum atomic E-state index is -0.0625. The molecule has 1 fully saturated rings. The highest BCUT2D eigenvalue weighted by atomic mass is 32.1. The number of nitrogens with zero attached hydrogens (tertiary/aromatic N) is 2. The molecule has 3 heterocycles. The molecule has 1 aliphatic heterocycles. The van der Waals surface area contributed by atoms with Gasteiger partial charge in [0.2, 0.25) is 11.8 Å². The second-order valence-corrected chi connectivity index (χ2v) is 8.45. The monoisotopic (exact) mass is 418 g/mol. The average molecular weight is 419 g/mol. The molecule has 29 heavy (non-hydrogen) atoms. The number of ether oxygens (including phenoxy) is 1. The summed E-state index contributed by atoms with van der Waals surface area (Å²) in [6.07, 6.45) is 5.85. The molecule has 0 saturated carbocycles. The molecule has 1 aliphatic rings. The summed E-state index contributed by atoms with van der Waals surface area (Å²) < 4.78 is 11.2. The van der Waals surface area contributed by atoms with Gasteiger partial charge in [-0.25, -0.2) is 0 Å². The fourth-order valence-corrected chi connectivity index (χ4v) is 4.15. The van der Waals surface area contributed by atoms with Crippen molar-refractivity contribution in [3.63, 3.8) is 0 Å². The first-order valence-corrected chi connectivity index (χ1v) is 11.3. The average Bonchev–Trinajstić information content (AvgIpc) is 3.48. The summed E-state index contributed by atoms with van der Waals surface area (Å²) in [5.74, 6) is 0.679. The molecule has 0 aliphatic carbocycles. The molecule has 0 bridgehead atoms. The van der Waals surface area contributed by atoms with Crippen molar-refractivity contribution < 1.29 is 18.7 Å². The number of carbonyl (C=O) groups excluding carboxylic acids is 2. The lowest BCUT2D eigenvalue weighted by atomic mass is 10.2. The summed E-state index contributed by atoms with van der Waals surface area (Å²) in [7, 11) is 0. The molecule has 0 spiro atoms. The lowest BCUT2D eigenvalue weighted by Crippen LogP contribution is -2.45. The summed E-state index contributed by atoms with van der Waals surface area (Å²) >= 11 is 1.57. The molecule has 2 aromatic rings. The second kappa shape index (κ2) is 11.2. The zero-order valence-corrected chi connectivity index (χ0v) is 17.9. The number of carbonyl (C=O) groups is 2. The van der Waals surface area contributed by atoms with Gasteiger partial charge in [-0.05, 0) is 42.8 Å². The predicted octanol–water partition coefficient (Wildman–Crippen LogP) is 3.72. The molecule has 158 valence electrons. The Balaban J connectivity index is 1.66. The smallest absolute Gasteiger partial charge is 0.242 e. The van der Waals surface area contributed by atoms with Crippen LogP contribution in [0.1, 0.15) is 43.2 Å². The summed E-state index contributed by atoms with van der Waals surface area (Å²) in [6, 6.07) is 7.60. The Morgan fingerprint density at radius 1 is 1.21 bits per heavy atom. The molecule has 6 nitrogen and oxygen atoms in total. The van der Waals surface area contributed by atoms with E-state index in [1.54, 1.807) is 27.4 Å². The Bertz CT molecular complexity index is 739. The summed E-state index contributed by atoms with van der Waals surface area (Å²) in [5.41, 5.74) is 0. The maximum absolute atomic E-state index is 13.2. The third-order valence-corrected chi connectivity index (χ3v) is 5.97. The molecule has 7 heteroatoms. The third-order valence-electron chi connectivity index (χ3n) is 5.09. The normalized spacial score (nSPS) is 16.1. The topological polar surface area (TPSA) is 63.0 Å². The van der Waals surface area contributed by atoms with Crippen molar-refractivity contribution in [3.05, 3.63) is 46.5 Å². The van der Waals surface area contributed by atoms with Crippen molar-refractivity contribution in [2.24, 2.45) is 0 Å². The second-order valence-electron chi connectivity index (χ2n) is 7.41. The number of furan rings is 1. The summed E-state index contributed by atoms with van der Waals surface area (Å²) in [6.45, 7) is 4.45. The van der Waals surface area contributed by atoms with Gasteiger partial charge in [-0.15, -0.1) is 11.3 Å². The van der Waals surface area contributed by atoms with Crippen molar-refractivity contribution in [3.8, 4) is 0 Å². The molecule has 1 saturated heterocycles. The SMILES string of the molecule is CCCCN(CC(=O)N(Cc1ccco1)CC1CCCO1)C(=O)Cc1cccs1. The lowest BCUT2D eigenvalue weighted by molar-refractivity contribution is -0.141. The van der Waals surface area contributed by atoms with Crippen LogP contribution in [0, 0.1) is 0 Å². The van der Waals surface area contributed by atoms with Gasteiger partial charge in [-0.2, -0.15) is 0 Å². The van der Waals surface area contributed by atoms with E-state index in [1.807, 2.05) is 29.6 Å². The number of hydrogen-bond donors (Lipinski definition) is 0. The highest BCUT2D eigenvalue weighted by molar-refractivity contribution is 7.10. The van der Waals surface area contributed by atoms with Crippen LogP contribution in [0.3, 0.4) is 0 Å². The summed E-state index contributed by atoms with van der Waals surface area (Å²) in [5, 5.41) is 1.97. The fourth-order valence-electron chi connectivity index (χ4n) is 3.46. The molecular formula is C22H30N2O4S. The van der Waals surface area contributed by atoms with Gasteiger partial charge in [-0.1, -0.05) is 19.4 Å². The van der Waals surface area contributed by atoms with Crippen molar-refractivity contribution in [2.45, 2.75) is 51.7 Å². The predicted molar refractivity (Wildman–Crippen MR) is 113 cm³/mol. The number of thiophene rings is 1. The van der Waals surface area contributed by atoms with Crippen molar-refractivity contribution >= 4 is 23.2 Å². The van der Waals surface area contributed by atoms with Gasteiger partial charge in [0.25, 0.3) is 0 Å². The van der Waals surface area contributed by atoms with Gasteiger partial charge in [0.05, 0.1) is 31.9 Å². The first-order chi connectivity index (χ1) is 14.2. The zero-order chi connectivity index (χ0) is 20.5. The van der Waals surface area contributed by atoms with Gasteiger partial charge in [0, 0.05) is 24.6 Å². The standard InChI is InChI=1S/C22H30N2O4S/c1-2-3-10-23(21(25)14-20-9-6-13-29-20)17-22(26)24(15-18-7-4-11-27-18)16-19-8-5-12-28-19/h4,6-7,9,11,13,19H,2-3,5,8,10,12,14-17H2,1H3. The van der Waals surface area contributed by atoms with Crippen LogP contribution >= 0.6 is 11.3 Å². The van der Waals surface area contributed by atoms with E-state index < -0.39 is 0 Å². The van der Waals surface area contributed by atoms with Crippen molar-refractivity contribution in [1.29, 1.82) is 0 Å². The fraction of sp³-hybridized carbons (Fsp3) is 0.545. The van der Waals surface area contributed by atoms with Crippen LogP contribution in [0.5, 0.6) is 0 Å². The molecule has 2 aromatic heterocycles. The zero-order valence-electron chi connectivity index (χ0n) is 17.0. The van der Waals surface area contributed by atoms with Gasteiger partial charge < -0.3 is 19.0 Å². The van der Waals surface area contributed by atoms with Crippen molar-refractivity contribution in [2.75, 3.05) is 26.2 Å². The Kier molecular flexibility index (Phi) is 8.31. The Labute approximate surface area is 176 Å². The van der Waals surface area contributed by atoms with Gasteiger partial charge in [0.1, 0.15) is 5.76 Å². The van der Waals surface area contributed by atoms with E-state index >= 15 is 0 Å². The highest BCUT2D eigenvalue weighted by Crippen LogP contribution is 2.17. The van der Waals surface area contributed by atoms with Gasteiger partial charge >= 0.3 is 0 Å². The highest BCUT2D eigenvalue weighted by Gasteiger charge is 2.26. The molecular weight excluding hydrogens is 388 g/mol. The number of rotatable bonds is 11. The van der Waals surface area contributed by atoms with Crippen LogP contribution in [0.15, 0.2) is 40.3 Å². The van der Waals surface area contributed by atoms with E-state index in [-0.39, 0.29) is 24.5 Å². The molecule has 1 atom stereocenters. The van der Waals surface area contributed by atoms with Gasteiger partial charge in [0.15, 0.2) is 0 Å². The quantitative estimate of drug-likeness (QED) is 0.558. The molecule has 3 rings (SSSR count). The Hall–Kier alpha value is -2.12. The van der Waals surface area contributed by atoms with Crippen LogP contribution in [0.4, 0.5) is 0 Å². The molecule has 0 aromatic carbocycles. The number of hydrogen-bond acceptors (Lipinski definition) is 5.